The molecule has 26 heavy (non-hydrogen) atoms. The maximum absolute atomic E-state index is 12.4. The molecule has 6 heteroatoms. The normalized spacial score (nSPS) is 11.2. The van der Waals surface area contributed by atoms with Crippen LogP contribution in [-0.4, -0.2) is 29.6 Å². The van der Waals surface area contributed by atoms with Gasteiger partial charge in [0.25, 0.3) is 11.7 Å². The van der Waals surface area contributed by atoms with E-state index in [-0.39, 0.29) is 18.4 Å². The molecule has 1 N–H and O–H groups in total. The highest BCUT2D eigenvalue weighted by Crippen LogP contribution is 2.17. The van der Waals surface area contributed by atoms with Gasteiger partial charge in [0.15, 0.2) is 17.6 Å². The maximum Gasteiger partial charge on any atom is 0.338 e. The summed E-state index contributed by atoms with van der Waals surface area (Å²) in [4.78, 5) is 24.4. The quantitative estimate of drug-likeness (QED) is 0.581. The van der Waals surface area contributed by atoms with Crippen molar-refractivity contribution in [2.45, 2.75) is 54.1 Å². The van der Waals surface area contributed by atoms with Crippen LogP contribution in [0, 0.1) is 12.8 Å². The van der Waals surface area contributed by atoms with E-state index >= 15 is 0 Å². The Morgan fingerprint density at radius 3 is 2.62 bits per heavy atom. The number of imidazole rings is 1. The largest absolute Gasteiger partial charge is 0.462 e. The van der Waals surface area contributed by atoms with Crippen molar-refractivity contribution in [1.29, 1.82) is 0 Å². The number of hydrogen-bond donors (Lipinski definition) is 1. The first-order valence-electron chi connectivity index (χ1n) is 9.35. The van der Waals surface area contributed by atoms with Gasteiger partial charge in [-0.25, -0.2) is 13.9 Å². The molecule has 2 aromatic rings. The van der Waals surface area contributed by atoms with E-state index in [1.54, 1.807) is 13.0 Å². The average Bonchev–Trinajstić information content (AvgIpc) is 2.85. The standard InChI is InChI=1S/C20H29N3O3/c1-6-22-15(5)23(13-19(24)21-11-10-14(3)4)18-12-16(8-9-17(18)22)20(25)26-7-2/h8-9,12,14H,6-7,10-11,13H2,1-5H3/p+1. The van der Waals surface area contributed by atoms with Gasteiger partial charge in [-0.2, -0.15) is 0 Å². The fraction of sp³-hybridized carbons (Fsp3) is 0.550. The number of rotatable bonds is 8. The van der Waals surface area contributed by atoms with Gasteiger partial charge in [-0.1, -0.05) is 13.8 Å². The van der Waals surface area contributed by atoms with E-state index in [0.29, 0.717) is 24.6 Å². The number of fused-ring (bicyclic) bond motifs is 1. The Hall–Kier alpha value is -2.37. The van der Waals surface area contributed by atoms with Crippen LogP contribution in [0.1, 0.15) is 50.3 Å². The molecule has 1 heterocycles. The molecule has 0 aliphatic carbocycles. The van der Waals surface area contributed by atoms with Gasteiger partial charge in [-0.05, 0) is 38.3 Å². The summed E-state index contributed by atoms with van der Waals surface area (Å²) in [7, 11) is 0. The second-order valence-electron chi connectivity index (χ2n) is 6.83. The minimum atomic E-state index is -0.343. The number of carbonyl (C=O) groups excluding carboxylic acids is 2. The van der Waals surface area contributed by atoms with Crippen LogP contribution in [0.15, 0.2) is 18.2 Å². The third-order valence-corrected chi connectivity index (χ3v) is 4.51. The highest BCUT2D eigenvalue weighted by molar-refractivity contribution is 5.93. The van der Waals surface area contributed by atoms with Crippen LogP contribution in [0.25, 0.3) is 11.0 Å². The molecule has 0 aliphatic heterocycles. The van der Waals surface area contributed by atoms with Crippen LogP contribution in [-0.2, 0) is 22.6 Å². The molecule has 0 bridgehead atoms. The number of aromatic nitrogens is 2. The van der Waals surface area contributed by atoms with Crippen LogP contribution in [0.5, 0.6) is 0 Å². The number of amides is 1. The number of hydrogen-bond acceptors (Lipinski definition) is 3. The van der Waals surface area contributed by atoms with Gasteiger partial charge in [0.2, 0.25) is 0 Å². The number of carbonyl (C=O) groups is 2. The first kappa shape index (κ1) is 19.9. The van der Waals surface area contributed by atoms with E-state index in [2.05, 4.69) is 30.7 Å². The molecule has 0 unspecified atom stereocenters. The SMILES string of the molecule is CCOC(=O)c1ccc2c(c1)n(CC(=O)NCCC(C)C)c(C)[n+]2CC. The minimum Gasteiger partial charge on any atom is -0.462 e. The molecule has 6 nitrogen and oxygen atoms in total. The predicted octanol–water partition coefficient (Wildman–Crippen LogP) is 2.60. The second-order valence-corrected chi connectivity index (χ2v) is 6.83. The van der Waals surface area contributed by atoms with Crippen molar-refractivity contribution in [3.63, 3.8) is 0 Å². The van der Waals surface area contributed by atoms with E-state index < -0.39 is 0 Å². The number of esters is 1. The number of ether oxygens (including phenoxy) is 1. The zero-order chi connectivity index (χ0) is 19.3. The lowest BCUT2D eigenvalue weighted by Crippen LogP contribution is -2.36. The maximum atomic E-state index is 12.4. The Bertz CT molecular complexity index is 793. The molecule has 1 aromatic carbocycles. The van der Waals surface area contributed by atoms with Crippen molar-refractivity contribution < 1.29 is 18.9 Å². The highest BCUT2D eigenvalue weighted by atomic mass is 16.5. The van der Waals surface area contributed by atoms with Crippen molar-refractivity contribution in [3.05, 3.63) is 29.6 Å². The van der Waals surface area contributed by atoms with Crippen molar-refractivity contribution in [3.8, 4) is 0 Å². The molecule has 0 atom stereocenters. The average molecular weight is 360 g/mol. The molecular weight excluding hydrogens is 330 g/mol. The van der Waals surface area contributed by atoms with Crippen molar-refractivity contribution >= 4 is 22.9 Å². The van der Waals surface area contributed by atoms with Crippen LogP contribution < -0.4 is 9.88 Å². The summed E-state index contributed by atoms with van der Waals surface area (Å²) in [6, 6.07) is 5.51. The second kappa shape index (κ2) is 8.83. The molecule has 0 radical (unpaired) electrons. The predicted molar refractivity (Wildman–Crippen MR) is 101 cm³/mol. The van der Waals surface area contributed by atoms with Crippen molar-refractivity contribution in [2.24, 2.45) is 5.92 Å². The van der Waals surface area contributed by atoms with E-state index in [4.69, 9.17) is 4.74 Å². The van der Waals surface area contributed by atoms with E-state index in [0.717, 1.165) is 29.8 Å². The molecule has 0 spiro atoms. The van der Waals surface area contributed by atoms with Gasteiger partial charge in [-0.3, -0.25) is 4.79 Å². The monoisotopic (exact) mass is 360 g/mol. The first-order valence-corrected chi connectivity index (χ1v) is 9.35. The van der Waals surface area contributed by atoms with E-state index in [9.17, 15) is 9.59 Å². The summed E-state index contributed by atoms with van der Waals surface area (Å²) in [5.41, 5.74) is 2.38. The summed E-state index contributed by atoms with van der Waals surface area (Å²) >= 11 is 0. The first-order chi connectivity index (χ1) is 12.4. The van der Waals surface area contributed by atoms with Crippen molar-refractivity contribution in [1.82, 2.24) is 9.88 Å². The number of nitrogens with one attached hydrogen (secondary N) is 1. The smallest absolute Gasteiger partial charge is 0.338 e. The zero-order valence-corrected chi connectivity index (χ0v) is 16.5. The molecule has 1 amide bonds. The van der Waals surface area contributed by atoms with Gasteiger partial charge < -0.3 is 10.1 Å². The Labute approximate surface area is 155 Å². The van der Waals surface area contributed by atoms with E-state index in [1.807, 2.05) is 23.6 Å². The van der Waals surface area contributed by atoms with Gasteiger partial charge in [0, 0.05) is 19.5 Å². The van der Waals surface area contributed by atoms with Crippen LogP contribution in [0.3, 0.4) is 0 Å². The van der Waals surface area contributed by atoms with Gasteiger partial charge in [0.05, 0.1) is 18.7 Å². The number of aryl methyl sites for hydroxylation is 1. The lowest BCUT2D eigenvalue weighted by Gasteiger charge is -2.07. The minimum absolute atomic E-state index is 0.0181. The summed E-state index contributed by atoms with van der Waals surface area (Å²) in [6.45, 7) is 12.2. The summed E-state index contributed by atoms with van der Waals surface area (Å²) < 4.78 is 9.21. The van der Waals surface area contributed by atoms with Crippen molar-refractivity contribution in [2.75, 3.05) is 13.2 Å². The number of benzene rings is 1. The fourth-order valence-electron chi connectivity index (χ4n) is 3.10. The van der Waals surface area contributed by atoms with Crippen LogP contribution in [0.4, 0.5) is 0 Å². The summed E-state index contributed by atoms with van der Waals surface area (Å²) in [5, 5.41) is 2.98. The Kier molecular flexibility index (Phi) is 6.77. The van der Waals surface area contributed by atoms with E-state index in [1.165, 1.54) is 0 Å². The number of nitrogens with zero attached hydrogens (tertiary/aromatic N) is 2. The Balaban J connectivity index is 2.34. The zero-order valence-electron chi connectivity index (χ0n) is 16.5. The van der Waals surface area contributed by atoms with Gasteiger partial charge in [-0.15, -0.1) is 0 Å². The van der Waals surface area contributed by atoms with Gasteiger partial charge >= 0.3 is 5.97 Å². The van der Waals surface area contributed by atoms with Crippen LogP contribution in [0.2, 0.25) is 0 Å². The molecule has 0 aliphatic rings. The Morgan fingerprint density at radius 1 is 1.27 bits per heavy atom. The molecule has 0 saturated carbocycles. The lowest BCUT2D eigenvalue weighted by molar-refractivity contribution is -0.674. The molecule has 142 valence electrons. The fourth-order valence-corrected chi connectivity index (χ4v) is 3.10. The Morgan fingerprint density at radius 2 is 2.00 bits per heavy atom. The summed E-state index contributed by atoms with van der Waals surface area (Å²) in [5.74, 6) is 1.18. The van der Waals surface area contributed by atoms with Gasteiger partial charge in [0.1, 0.15) is 0 Å². The summed E-state index contributed by atoms with van der Waals surface area (Å²) in [6.07, 6.45) is 0.957. The molecule has 0 saturated heterocycles. The molecular formula is C20H30N3O3+. The molecule has 2 rings (SSSR count). The third-order valence-electron chi connectivity index (χ3n) is 4.51. The highest BCUT2D eigenvalue weighted by Gasteiger charge is 2.24. The molecule has 0 fully saturated rings. The third kappa shape index (κ3) is 4.42. The molecule has 1 aromatic heterocycles. The topological polar surface area (TPSA) is 64.2 Å². The lowest BCUT2D eigenvalue weighted by atomic mass is 10.1. The van der Waals surface area contributed by atoms with Crippen LogP contribution >= 0.6 is 0 Å².